The predicted molar refractivity (Wildman–Crippen MR) is 124 cm³/mol. The van der Waals surface area contributed by atoms with Crippen LogP contribution in [0, 0.1) is 6.92 Å². The number of carbonyl (C=O) groups is 1. The van der Waals surface area contributed by atoms with E-state index in [-0.39, 0.29) is 0 Å². The fraction of sp³-hybridized carbons (Fsp3) is 0.182. The first-order valence-electron chi connectivity index (χ1n) is 9.75. The first-order valence-corrected chi connectivity index (χ1v) is 10.9. The molecule has 0 radical (unpaired) electrons. The van der Waals surface area contributed by atoms with E-state index < -0.39 is 5.91 Å². The van der Waals surface area contributed by atoms with Gasteiger partial charge >= 0.3 is 0 Å². The topological polar surface area (TPSA) is 110 Å². The number of benzene rings is 1. The molecular weight excluding hydrogens is 432 g/mol. The molecule has 4 rings (SSSR count). The van der Waals surface area contributed by atoms with Gasteiger partial charge in [0.2, 0.25) is 0 Å². The lowest BCUT2D eigenvalue weighted by Gasteiger charge is -2.14. The van der Waals surface area contributed by atoms with Gasteiger partial charge in [0.15, 0.2) is 5.82 Å². The van der Waals surface area contributed by atoms with Crippen LogP contribution >= 0.6 is 22.9 Å². The van der Waals surface area contributed by atoms with Crippen molar-refractivity contribution >= 4 is 40.4 Å². The SMILES string of the molecule is CCc1c(C)nc(-c2ccc(Cl)s2)nc1Nc1ccc(Cc2ncc(C(N)=O)[nH]2)cc1. The van der Waals surface area contributed by atoms with Gasteiger partial charge < -0.3 is 16.0 Å². The number of thiophene rings is 1. The zero-order chi connectivity index (χ0) is 22.0. The van der Waals surface area contributed by atoms with Crippen LogP contribution in [0.1, 0.15) is 40.1 Å². The number of halogens is 1. The number of nitrogens with zero attached hydrogens (tertiary/aromatic N) is 3. The number of aromatic nitrogens is 4. The van der Waals surface area contributed by atoms with E-state index in [0.29, 0.717) is 28.1 Å². The summed E-state index contributed by atoms with van der Waals surface area (Å²) in [5, 5.41) is 3.43. The Morgan fingerprint density at radius 1 is 1.19 bits per heavy atom. The molecule has 1 amide bonds. The predicted octanol–water partition coefficient (Wildman–Crippen LogP) is 4.89. The van der Waals surface area contributed by atoms with E-state index in [9.17, 15) is 4.79 Å². The first kappa shape index (κ1) is 21.0. The Morgan fingerprint density at radius 2 is 1.97 bits per heavy atom. The molecule has 0 aliphatic carbocycles. The van der Waals surface area contributed by atoms with Crippen LogP contribution in [0.15, 0.2) is 42.6 Å². The number of nitrogens with one attached hydrogen (secondary N) is 2. The lowest BCUT2D eigenvalue weighted by Crippen LogP contribution is -2.11. The van der Waals surface area contributed by atoms with Crippen molar-refractivity contribution in [1.29, 1.82) is 0 Å². The van der Waals surface area contributed by atoms with Gasteiger partial charge in [-0.2, -0.15) is 0 Å². The van der Waals surface area contributed by atoms with Crippen LogP contribution in [0.2, 0.25) is 4.34 Å². The highest BCUT2D eigenvalue weighted by Crippen LogP contribution is 2.31. The van der Waals surface area contributed by atoms with E-state index in [4.69, 9.17) is 22.3 Å². The molecule has 3 aromatic heterocycles. The van der Waals surface area contributed by atoms with Crippen LogP contribution in [-0.4, -0.2) is 25.8 Å². The minimum Gasteiger partial charge on any atom is -0.364 e. The van der Waals surface area contributed by atoms with Gasteiger partial charge in [-0.25, -0.2) is 15.0 Å². The van der Waals surface area contributed by atoms with Crippen LogP contribution in [0.4, 0.5) is 11.5 Å². The molecule has 0 spiro atoms. The van der Waals surface area contributed by atoms with Crippen LogP contribution in [0.3, 0.4) is 0 Å². The Kier molecular flexibility index (Phi) is 6.01. The highest BCUT2D eigenvalue weighted by atomic mass is 35.5. The number of rotatable bonds is 7. The number of anilines is 2. The molecule has 0 aliphatic heterocycles. The number of aromatic amines is 1. The van der Waals surface area contributed by atoms with Crippen molar-refractivity contribution in [3.05, 3.63) is 75.3 Å². The van der Waals surface area contributed by atoms with Gasteiger partial charge in [0.1, 0.15) is 17.3 Å². The summed E-state index contributed by atoms with van der Waals surface area (Å²) < 4.78 is 0.709. The second-order valence-corrected chi connectivity index (χ2v) is 8.74. The highest BCUT2D eigenvalue weighted by Gasteiger charge is 2.14. The van der Waals surface area contributed by atoms with E-state index >= 15 is 0 Å². The molecule has 0 saturated carbocycles. The lowest BCUT2D eigenvalue weighted by atomic mass is 10.1. The summed E-state index contributed by atoms with van der Waals surface area (Å²) in [4.78, 5) is 28.7. The molecule has 0 bridgehead atoms. The summed E-state index contributed by atoms with van der Waals surface area (Å²) in [6.07, 6.45) is 2.84. The minimum absolute atomic E-state index is 0.308. The number of nitrogens with two attached hydrogens (primary N) is 1. The van der Waals surface area contributed by atoms with Crippen molar-refractivity contribution in [2.24, 2.45) is 5.73 Å². The van der Waals surface area contributed by atoms with E-state index in [2.05, 4.69) is 27.2 Å². The lowest BCUT2D eigenvalue weighted by molar-refractivity contribution is 0.0996. The number of hydrogen-bond acceptors (Lipinski definition) is 6. The third-order valence-electron chi connectivity index (χ3n) is 4.84. The fourth-order valence-corrected chi connectivity index (χ4v) is 4.26. The van der Waals surface area contributed by atoms with Crippen molar-refractivity contribution in [2.75, 3.05) is 5.32 Å². The van der Waals surface area contributed by atoms with Crippen molar-refractivity contribution in [1.82, 2.24) is 19.9 Å². The average Bonchev–Trinajstić information content (AvgIpc) is 3.38. The van der Waals surface area contributed by atoms with Crippen molar-refractivity contribution in [2.45, 2.75) is 26.7 Å². The number of carbonyl (C=O) groups excluding carboxylic acids is 1. The Bertz CT molecular complexity index is 1230. The number of hydrogen-bond donors (Lipinski definition) is 3. The molecule has 0 aliphatic rings. The van der Waals surface area contributed by atoms with Gasteiger partial charge in [-0.05, 0) is 43.2 Å². The number of imidazole rings is 1. The number of amides is 1. The molecule has 9 heteroatoms. The Balaban J connectivity index is 1.55. The van der Waals surface area contributed by atoms with E-state index in [1.165, 1.54) is 17.5 Å². The molecule has 1 aromatic carbocycles. The third-order valence-corrected chi connectivity index (χ3v) is 6.07. The average molecular weight is 453 g/mol. The van der Waals surface area contributed by atoms with Crippen LogP contribution in [0.25, 0.3) is 10.7 Å². The molecule has 158 valence electrons. The summed E-state index contributed by atoms with van der Waals surface area (Å²) in [7, 11) is 0. The maximum atomic E-state index is 11.2. The standard InChI is InChI=1S/C22H21ClN6OS/c1-3-15-12(2)26-22(17-8-9-18(23)31-17)29-21(15)27-14-6-4-13(5-7-14)10-19-25-11-16(28-19)20(24)30/h4-9,11H,3,10H2,1-2H3,(H2,24,30)(H,25,28)(H,26,27,29). The molecule has 0 unspecified atom stereocenters. The minimum atomic E-state index is -0.519. The largest absolute Gasteiger partial charge is 0.364 e. The molecule has 0 saturated heterocycles. The monoisotopic (exact) mass is 452 g/mol. The summed E-state index contributed by atoms with van der Waals surface area (Å²) in [6.45, 7) is 4.09. The molecule has 31 heavy (non-hydrogen) atoms. The molecule has 4 aromatic rings. The van der Waals surface area contributed by atoms with Gasteiger partial charge in [0.25, 0.3) is 5.91 Å². The van der Waals surface area contributed by atoms with Crippen molar-refractivity contribution in [3.63, 3.8) is 0 Å². The van der Waals surface area contributed by atoms with Gasteiger partial charge in [0.05, 0.1) is 15.4 Å². The molecular formula is C22H21ClN6OS. The Hall–Kier alpha value is -3.23. The van der Waals surface area contributed by atoms with Crippen molar-refractivity contribution in [3.8, 4) is 10.7 Å². The molecule has 0 fully saturated rings. The van der Waals surface area contributed by atoms with Crippen LogP contribution in [-0.2, 0) is 12.8 Å². The Morgan fingerprint density at radius 3 is 2.58 bits per heavy atom. The van der Waals surface area contributed by atoms with E-state index in [0.717, 1.165) is 39.6 Å². The third kappa shape index (κ3) is 4.76. The van der Waals surface area contributed by atoms with E-state index in [1.54, 1.807) is 0 Å². The zero-order valence-corrected chi connectivity index (χ0v) is 18.6. The maximum absolute atomic E-state index is 11.2. The summed E-state index contributed by atoms with van der Waals surface area (Å²) in [5.74, 6) is 1.62. The van der Waals surface area contributed by atoms with Crippen LogP contribution in [0.5, 0.6) is 0 Å². The smallest absolute Gasteiger partial charge is 0.266 e. The van der Waals surface area contributed by atoms with Crippen LogP contribution < -0.4 is 11.1 Å². The fourth-order valence-electron chi connectivity index (χ4n) is 3.28. The highest BCUT2D eigenvalue weighted by molar-refractivity contribution is 7.19. The summed E-state index contributed by atoms with van der Waals surface area (Å²) in [6, 6.07) is 11.8. The molecule has 3 heterocycles. The normalized spacial score (nSPS) is 10.9. The van der Waals surface area contributed by atoms with Gasteiger partial charge in [0, 0.05) is 23.4 Å². The maximum Gasteiger partial charge on any atom is 0.266 e. The zero-order valence-electron chi connectivity index (χ0n) is 17.1. The second-order valence-electron chi connectivity index (χ2n) is 7.02. The first-order chi connectivity index (χ1) is 14.9. The molecule has 0 atom stereocenters. The van der Waals surface area contributed by atoms with Crippen molar-refractivity contribution < 1.29 is 4.79 Å². The van der Waals surface area contributed by atoms with Gasteiger partial charge in [-0.15, -0.1) is 11.3 Å². The van der Waals surface area contributed by atoms with Gasteiger partial charge in [-0.1, -0.05) is 30.7 Å². The van der Waals surface area contributed by atoms with E-state index in [1.807, 2.05) is 43.3 Å². The summed E-state index contributed by atoms with van der Waals surface area (Å²) in [5.41, 5.74) is 9.56. The van der Waals surface area contributed by atoms with Gasteiger partial charge in [-0.3, -0.25) is 4.79 Å². The quantitative estimate of drug-likeness (QED) is 0.370. The number of primary amides is 1. The summed E-state index contributed by atoms with van der Waals surface area (Å²) >= 11 is 7.54. The molecule has 7 nitrogen and oxygen atoms in total. The molecule has 4 N–H and O–H groups in total. The number of H-pyrrole nitrogens is 1. The Labute approximate surface area is 188 Å². The number of aryl methyl sites for hydroxylation is 1. The second kappa shape index (κ2) is 8.87.